The lowest BCUT2D eigenvalue weighted by atomic mass is 10.2. The molecule has 1 aromatic carbocycles. The van der Waals surface area contributed by atoms with E-state index in [1.165, 1.54) is 24.1 Å². The van der Waals surface area contributed by atoms with Crippen LogP contribution in [0, 0.1) is 0 Å². The highest BCUT2D eigenvalue weighted by Crippen LogP contribution is 2.17. The highest BCUT2D eigenvalue weighted by atomic mass is 32.1. The molecule has 2 N–H and O–H groups in total. The van der Waals surface area contributed by atoms with Gasteiger partial charge in [-0.3, -0.25) is 0 Å². The van der Waals surface area contributed by atoms with Crippen LogP contribution >= 0.6 is 11.3 Å². The topological polar surface area (TPSA) is 33.3 Å². The van der Waals surface area contributed by atoms with E-state index in [9.17, 15) is 0 Å². The predicted molar refractivity (Wildman–Crippen MR) is 101 cm³/mol. The highest BCUT2D eigenvalue weighted by Gasteiger charge is 1.98. The lowest BCUT2D eigenvalue weighted by Crippen LogP contribution is -2.21. The zero-order valence-electron chi connectivity index (χ0n) is 14.0. The highest BCUT2D eigenvalue weighted by molar-refractivity contribution is 7.09. The summed E-state index contributed by atoms with van der Waals surface area (Å²) in [6.45, 7) is 5.84. The van der Waals surface area contributed by atoms with Gasteiger partial charge in [-0.25, -0.2) is 0 Å². The third-order valence-corrected chi connectivity index (χ3v) is 4.49. The number of hydrogen-bond donors (Lipinski definition) is 2. The van der Waals surface area contributed by atoms with Gasteiger partial charge in [0.05, 0.1) is 6.61 Å². The van der Waals surface area contributed by atoms with E-state index in [0.717, 1.165) is 44.1 Å². The largest absolute Gasteiger partial charge is 0.494 e. The van der Waals surface area contributed by atoms with Crippen LogP contribution in [0.2, 0.25) is 0 Å². The predicted octanol–water partition coefficient (Wildman–Crippen LogP) is 4.91. The molecule has 0 aliphatic rings. The SMILES string of the molecule is CCCCCCOc1cccc(NCCNCc2cccs2)c1. The summed E-state index contributed by atoms with van der Waals surface area (Å²) >= 11 is 1.79. The molecule has 0 aliphatic carbocycles. The van der Waals surface area contributed by atoms with Crippen molar-refractivity contribution in [2.24, 2.45) is 0 Å². The van der Waals surface area contributed by atoms with Crippen molar-refractivity contribution in [2.45, 2.75) is 39.2 Å². The van der Waals surface area contributed by atoms with E-state index >= 15 is 0 Å². The minimum absolute atomic E-state index is 0.811. The lowest BCUT2D eigenvalue weighted by Gasteiger charge is -2.10. The standard InChI is InChI=1S/C19H28N2OS/c1-2-3-4-5-13-22-18-9-6-8-17(15-18)21-12-11-20-16-19-10-7-14-23-19/h6-10,14-15,20-21H,2-5,11-13,16H2,1H3. The summed E-state index contributed by atoms with van der Waals surface area (Å²) in [4.78, 5) is 1.38. The quantitative estimate of drug-likeness (QED) is 0.542. The van der Waals surface area contributed by atoms with Crippen molar-refractivity contribution in [1.29, 1.82) is 0 Å². The van der Waals surface area contributed by atoms with E-state index in [4.69, 9.17) is 4.74 Å². The van der Waals surface area contributed by atoms with E-state index < -0.39 is 0 Å². The average Bonchev–Trinajstić information content (AvgIpc) is 3.08. The van der Waals surface area contributed by atoms with E-state index in [2.05, 4.69) is 47.2 Å². The Bertz CT molecular complexity index is 528. The van der Waals surface area contributed by atoms with Crippen molar-refractivity contribution in [3.05, 3.63) is 46.7 Å². The summed E-state index contributed by atoms with van der Waals surface area (Å²) < 4.78 is 5.82. The summed E-state index contributed by atoms with van der Waals surface area (Å²) in [6.07, 6.45) is 4.95. The summed E-state index contributed by atoms with van der Waals surface area (Å²) in [7, 11) is 0. The Labute approximate surface area is 144 Å². The summed E-state index contributed by atoms with van der Waals surface area (Å²) in [5, 5.41) is 8.99. The first-order valence-electron chi connectivity index (χ1n) is 8.58. The monoisotopic (exact) mass is 332 g/mol. The second-order valence-corrected chi connectivity index (χ2v) is 6.65. The molecule has 2 aromatic rings. The number of nitrogens with one attached hydrogen (secondary N) is 2. The number of hydrogen-bond acceptors (Lipinski definition) is 4. The van der Waals surface area contributed by atoms with E-state index in [1.54, 1.807) is 11.3 Å². The molecule has 2 rings (SSSR count). The van der Waals surface area contributed by atoms with Crippen LogP contribution in [0.5, 0.6) is 5.75 Å². The number of ether oxygens (including phenoxy) is 1. The van der Waals surface area contributed by atoms with Gasteiger partial charge in [0, 0.05) is 36.3 Å². The minimum atomic E-state index is 0.811. The molecule has 0 unspecified atom stereocenters. The zero-order valence-corrected chi connectivity index (χ0v) is 14.8. The van der Waals surface area contributed by atoms with Crippen LogP contribution in [0.4, 0.5) is 5.69 Å². The summed E-state index contributed by atoms with van der Waals surface area (Å²) in [6, 6.07) is 12.5. The maximum Gasteiger partial charge on any atom is 0.121 e. The normalized spacial score (nSPS) is 10.7. The Morgan fingerprint density at radius 3 is 2.83 bits per heavy atom. The fourth-order valence-electron chi connectivity index (χ4n) is 2.33. The molecule has 0 atom stereocenters. The Balaban J connectivity index is 1.60. The fraction of sp³-hybridized carbons (Fsp3) is 0.474. The van der Waals surface area contributed by atoms with Crippen molar-refractivity contribution in [3.63, 3.8) is 0 Å². The van der Waals surface area contributed by atoms with Crippen molar-refractivity contribution in [1.82, 2.24) is 5.32 Å². The Kier molecular flexibility index (Phi) is 8.59. The van der Waals surface area contributed by atoms with Gasteiger partial charge in [-0.05, 0) is 30.0 Å². The molecule has 0 saturated carbocycles. The molecule has 0 spiro atoms. The van der Waals surface area contributed by atoms with Gasteiger partial charge in [0.15, 0.2) is 0 Å². The lowest BCUT2D eigenvalue weighted by molar-refractivity contribution is 0.305. The Morgan fingerprint density at radius 2 is 2.00 bits per heavy atom. The van der Waals surface area contributed by atoms with Gasteiger partial charge >= 0.3 is 0 Å². The molecule has 3 nitrogen and oxygen atoms in total. The molecular weight excluding hydrogens is 304 g/mol. The Hall–Kier alpha value is -1.52. The molecule has 23 heavy (non-hydrogen) atoms. The van der Waals surface area contributed by atoms with Crippen molar-refractivity contribution in [3.8, 4) is 5.75 Å². The molecule has 0 aliphatic heterocycles. The number of unbranched alkanes of at least 4 members (excludes halogenated alkanes) is 3. The second kappa shape index (κ2) is 11.1. The van der Waals surface area contributed by atoms with Crippen molar-refractivity contribution >= 4 is 17.0 Å². The van der Waals surface area contributed by atoms with Crippen LogP contribution < -0.4 is 15.4 Å². The number of rotatable bonds is 12. The van der Waals surface area contributed by atoms with Crippen molar-refractivity contribution < 1.29 is 4.74 Å². The molecular formula is C19H28N2OS. The molecule has 0 bridgehead atoms. The molecule has 126 valence electrons. The van der Waals surface area contributed by atoms with Crippen LogP contribution in [0.15, 0.2) is 41.8 Å². The minimum Gasteiger partial charge on any atom is -0.494 e. The van der Waals surface area contributed by atoms with Crippen LogP contribution in [-0.4, -0.2) is 19.7 Å². The van der Waals surface area contributed by atoms with E-state index in [1.807, 2.05) is 12.1 Å². The third-order valence-electron chi connectivity index (χ3n) is 3.61. The number of thiophene rings is 1. The maximum absolute atomic E-state index is 5.82. The molecule has 1 heterocycles. The van der Waals surface area contributed by atoms with Crippen molar-refractivity contribution in [2.75, 3.05) is 25.0 Å². The van der Waals surface area contributed by atoms with Gasteiger partial charge in [-0.1, -0.05) is 38.3 Å². The van der Waals surface area contributed by atoms with E-state index in [0.29, 0.717) is 0 Å². The number of benzene rings is 1. The summed E-state index contributed by atoms with van der Waals surface area (Å²) in [5.74, 6) is 0.957. The number of anilines is 1. The summed E-state index contributed by atoms with van der Waals surface area (Å²) in [5.41, 5.74) is 1.12. The molecule has 1 aromatic heterocycles. The molecule has 0 saturated heterocycles. The third kappa shape index (κ3) is 7.53. The molecule has 0 amide bonds. The first-order chi connectivity index (χ1) is 11.4. The van der Waals surface area contributed by atoms with Crippen LogP contribution in [0.1, 0.15) is 37.5 Å². The van der Waals surface area contributed by atoms with E-state index in [-0.39, 0.29) is 0 Å². The van der Waals surface area contributed by atoms with Gasteiger partial charge < -0.3 is 15.4 Å². The van der Waals surface area contributed by atoms with Crippen LogP contribution in [0.3, 0.4) is 0 Å². The second-order valence-electron chi connectivity index (χ2n) is 5.62. The van der Waals surface area contributed by atoms with Gasteiger partial charge in [-0.15, -0.1) is 11.3 Å². The van der Waals surface area contributed by atoms with Gasteiger partial charge in [0.2, 0.25) is 0 Å². The fourth-order valence-corrected chi connectivity index (χ4v) is 3.01. The van der Waals surface area contributed by atoms with Crippen LogP contribution in [0.25, 0.3) is 0 Å². The first-order valence-corrected chi connectivity index (χ1v) is 9.46. The average molecular weight is 333 g/mol. The first kappa shape index (κ1) is 17.8. The Morgan fingerprint density at radius 1 is 1.04 bits per heavy atom. The van der Waals surface area contributed by atoms with Gasteiger partial charge in [0.1, 0.15) is 5.75 Å². The maximum atomic E-state index is 5.82. The molecule has 0 radical (unpaired) electrons. The smallest absolute Gasteiger partial charge is 0.121 e. The molecule has 0 fully saturated rings. The zero-order chi connectivity index (χ0) is 16.2. The van der Waals surface area contributed by atoms with Gasteiger partial charge in [0.25, 0.3) is 0 Å². The molecule has 4 heteroatoms. The van der Waals surface area contributed by atoms with Crippen LogP contribution in [-0.2, 0) is 6.54 Å². The van der Waals surface area contributed by atoms with Gasteiger partial charge in [-0.2, -0.15) is 0 Å².